The van der Waals surface area contributed by atoms with E-state index >= 15 is 0 Å². The summed E-state index contributed by atoms with van der Waals surface area (Å²) in [5.41, 5.74) is 3.76. The summed E-state index contributed by atoms with van der Waals surface area (Å²) in [5, 5.41) is 4.15. The van der Waals surface area contributed by atoms with Gasteiger partial charge in [-0.25, -0.2) is 15.0 Å². The number of hydrogen-bond acceptors (Lipinski definition) is 8. The van der Waals surface area contributed by atoms with E-state index < -0.39 is 0 Å². The van der Waals surface area contributed by atoms with Gasteiger partial charge in [-0.3, -0.25) is 0 Å². The quantitative estimate of drug-likeness (QED) is 0.520. The minimum absolute atomic E-state index is 0.138. The highest BCUT2D eigenvalue weighted by atomic mass is 32.1. The van der Waals surface area contributed by atoms with E-state index in [2.05, 4.69) is 25.1 Å². The van der Waals surface area contributed by atoms with Crippen LogP contribution in [0.5, 0.6) is 11.8 Å². The van der Waals surface area contributed by atoms with Crippen molar-refractivity contribution in [3.8, 4) is 22.9 Å². The van der Waals surface area contributed by atoms with E-state index in [-0.39, 0.29) is 6.01 Å². The minimum atomic E-state index is 0.138. The minimum Gasteiger partial charge on any atom is -0.497 e. The largest absolute Gasteiger partial charge is 0.497 e. The molecule has 26 heavy (non-hydrogen) atoms. The predicted molar refractivity (Wildman–Crippen MR) is 102 cm³/mol. The summed E-state index contributed by atoms with van der Waals surface area (Å²) in [7, 11) is 1.66. The summed E-state index contributed by atoms with van der Waals surface area (Å²) in [4.78, 5) is 17.1. The van der Waals surface area contributed by atoms with Crippen molar-refractivity contribution in [1.29, 1.82) is 0 Å². The van der Waals surface area contributed by atoms with Gasteiger partial charge in [0, 0.05) is 23.6 Å². The van der Waals surface area contributed by atoms with Gasteiger partial charge in [-0.1, -0.05) is 23.5 Å². The van der Waals surface area contributed by atoms with Crippen molar-refractivity contribution in [1.82, 2.24) is 15.0 Å². The molecule has 0 bridgehead atoms. The van der Waals surface area contributed by atoms with Gasteiger partial charge in [0.05, 0.1) is 17.3 Å². The Morgan fingerprint density at radius 1 is 1.00 bits per heavy atom. The number of hydrogen-bond donors (Lipinski definition) is 2. The van der Waals surface area contributed by atoms with Crippen molar-refractivity contribution in [2.24, 2.45) is 5.90 Å². The van der Waals surface area contributed by atoms with Gasteiger partial charge < -0.3 is 14.9 Å². The van der Waals surface area contributed by atoms with Crippen molar-refractivity contribution in [3.63, 3.8) is 0 Å². The van der Waals surface area contributed by atoms with E-state index in [9.17, 15) is 0 Å². The van der Waals surface area contributed by atoms with Crippen LogP contribution in [-0.2, 0) is 0 Å². The van der Waals surface area contributed by atoms with Gasteiger partial charge in [0.1, 0.15) is 5.75 Å². The number of rotatable bonds is 5. The third-order valence-electron chi connectivity index (χ3n) is 3.80. The highest BCUT2D eigenvalue weighted by Gasteiger charge is 2.06. The van der Waals surface area contributed by atoms with E-state index in [0.29, 0.717) is 0 Å². The lowest BCUT2D eigenvalue weighted by molar-refractivity contribution is 0.306. The van der Waals surface area contributed by atoms with Crippen LogP contribution in [0.4, 0.5) is 10.8 Å². The van der Waals surface area contributed by atoms with Crippen LogP contribution in [0.3, 0.4) is 0 Å². The number of methoxy groups -OCH3 is 1. The first-order chi connectivity index (χ1) is 12.7. The Kier molecular flexibility index (Phi) is 4.34. The predicted octanol–water partition coefficient (Wildman–Crippen LogP) is 3.76. The molecule has 2 aromatic heterocycles. The van der Waals surface area contributed by atoms with Crippen molar-refractivity contribution in [2.75, 3.05) is 12.4 Å². The van der Waals surface area contributed by atoms with Crippen molar-refractivity contribution in [3.05, 3.63) is 54.9 Å². The average Bonchev–Trinajstić information content (AvgIpc) is 3.10. The second kappa shape index (κ2) is 6.95. The van der Waals surface area contributed by atoms with Crippen molar-refractivity contribution in [2.45, 2.75) is 0 Å². The molecule has 0 aliphatic heterocycles. The first kappa shape index (κ1) is 16.2. The molecule has 0 aliphatic rings. The Balaban J connectivity index is 1.53. The van der Waals surface area contributed by atoms with Gasteiger partial charge in [-0.05, 0) is 35.9 Å². The van der Waals surface area contributed by atoms with Crippen LogP contribution in [0.15, 0.2) is 54.9 Å². The number of fused-ring (bicyclic) bond motifs is 1. The second-order valence-corrected chi connectivity index (χ2v) is 6.46. The maximum Gasteiger partial charge on any atom is 0.335 e. The third-order valence-corrected chi connectivity index (χ3v) is 4.73. The first-order valence-electron chi connectivity index (χ1n) is 7.76. The van der Waals surface area contributed by atoms with E-state index in [1.165, 1.54) is 0 Å². The lowest BCUT2D eigenvalue weighted by atomic mass is 10.1. The fraction of sp³-hybridized carbons (Fsp3) is 0.0556. The molecule has 0 saturated heterocycles. The lowest BCUT2D eigenvalue weighted by Crippen LogP contribution is -2.05. The Hall–Kier alpha value is -3.23. The summed E-state index contributed by atoms with van der Waals surface area (Å²) in [6.45, 7) is 0. The topological polar surface area (TPSA) is 95.2 Å². The van der Waals surface area contributed by atoms with Crippen LogP contribution in [0.25, 0.3) is 21.3 Å². The molecule has 4 rings (SSSR count). The lowest BCUT2D eigenvalue weighted by Gasteiger charge is -2.05. The number of thiazole rings is 1. The van der Waals surface area contributed by atoms with Gasteiger partial charge in [-0.2, -0.15) is 5.90 Å². The van der Waals surface area contributed by atoms with Crippen molar-refractivity contribution >= 4 is 32.4 Å². The monoisotopic (exact) mass is 365 g/mol. The zero-order valence-corrected chi connectivity index (χ0v) is 14.7. The van der Waals surface area contributed by atoms with Gasteiger partial charge in [-0.15, -0.1) is 0 Å². The van der Waals surface area contributed by atoms with Crippen LogP contribution in [0.1, 0.15) is 0 Å². The van der Waals surface area contributed by atoms with Gasteiger partial charge in [0.25, 0.3) is 0 Å². The third kappa shape index (κ3) is 3.28. The van der Waals surface area contributed by atoms with Crippen molar-refractivity contribution < 1.29 is 9.57 Å². The van der Waals surface area contributed by atoms with Crippen LogP contribution in [-0.4, -0.2) is 22.1 Å². The Morgan fingerprint density at radius 3 is 2.46 bits per heavy atom. The molecule has 2 aromatic carbocycles. The highest BCUT2D eigenvalue weighted by molar-refractivity contribution is 7.22. The normalized spacial score (nSPS) is 10.7. The van der Waals surface area contributed by atoms with Gasteiger partial charge in [0.2, 0.25) is 0 Å². The molecular weight excluding hydrogens is 350 g/mol. The molecule has 0 spiro atoms. The van der Waals surface area contributed by atoms with E-state index in [0.717, 1.165) is 37.9 Å². The molecule has 0 saturated carbocycles. The Morgan fingerprint density at radius 2 is 1.77 bits per heavy atom. The van der Waals surface area contributed by atoms with Gasteiger partial charge >= 0.3 is 6.01 Å². The second-order valence-electron chi connectivity index (χ2n) is 5.43. The molecule has 3 N–H and O–H groups in total. The van der Waals surface area contributed by atoms with E-state index in [1.807, 2.05) is 42.5 Å². The SMILES string of the molecule is COc1ccc2nc(Nc3ccc(-c4cnc(ON)nc4)cc3)sc2c1. The standard InChI is InChI=1S/C18H15N5O2S/c1-24-14-6-7-15-16(8-14)26-18(23-15)22-13-4-2-11(3-5-13)12-9-20-17(25-19)21-10-12/h2-10H,19H2,1H3,(H,22,23). The first-order valence-corrected chi connectivity index (χ1v) is 8.57. The number of nitrogens with two attached hydrogens (primary N) is 1. The number of anilines is 2. The summed E-state index contributed by atoms with van der Waals surface area (Å²) in [6, 6.07) is 13.9. The summed E-state index contributed by atoms with van der Waals surface area (Å²) in [6.07, 6.45) is 3.33. The van der Waals surface area contributed by atoms with Crippen LogP contribution in [0.2, 0.25) is 0 Å². The molecule has 2 heterocycles. The van der Waals surface area contributed by atoms with E-state index in [1.54, 1.807) is 30.8 Å². The zero-order valence-electron chi connectivity index (χ0n) is 13.8. The Bertz CT molecular complexity index is 1030. The molecule has 4 aromatic rings. The molecule has 8 heteroatoms. The Labute approximate surface area is 153 Å². The maximum absolute atomic E-state index is 5.25. The molecule has 0 atom stereocenters. The molecule has 0 amide bonds. The molecule has 0 aliphatic carbocycles. The molecule has 0 fully saturated rings. The highest BCUT2D eigenvalue weighted by Crippen LogP contribution is 2.31. The smallest absolute Gasteiger partial charge is 0.335 e. The number of benzene rings is 2. The molecule has 7 nitrogen and oxygen atoms in total. The molecular formula is C18H15N5O2S. The van der Waals surface area contributed by atoms with E-state index in [4.69, 9.17) is 10.6 Å². The number of nitrogens with one attached hydrogen (secondary N) is 1. The number of nitrogens with zero attached hydrogens (tertiary/aromatic N) is 3. The summed E-state index contributed by atoms with van der Waals surface area (Å²) >= 11 is 1.58. The maximum atomic E-state index is 5.25. The van der Waals surface area contributed by atoms with Crippen LogP contribution >= 0.6 is 11.3 Å². The molecule has 0 radical (unpaired) electrons. The average molecular weight is 365 g/mol. The molecule has 0 unspecified atom stereocenters. The van der Waals surface area contributed by atoms with Gasteiger partial charge in [0.15, 0.2) is 5.13 Å². The number of ether oxygens (including phenoxy) is 1. The summed E-state index contributed by atoms with van der Waals surface area (Å²) < 4.78 is 6.33. The summed E-state index contributed by atoms with van der Waals surface area (Å²) in [5.74, 6) is 5.86. The van der Waals surface area contributed by atoms with Crippen LogP contribution < -0.4 is 20.8 Å². The molecule has 130 valence electrons. The zero-order chi connectivity index (χ0) is 17.9. The fourth-order valence-corrected chi connectivity index (χ4v) is 3.40. The van der Waals surface area contributed by atoms with Crippen LogP contribution in [0, 0.1) is 0 Å². The fourth-order valence-electron chi connectivity index (χ4n) is 2.48. The number of aromatic nitrogens is 3.